The van der Waals surface area contributed by atoms with Gasteiger partial charge in [-0.25, -0.2) is 0 Å². The van der Waals surface area contributed by atoms with Crippen LogP contribution in [0.2, 0.25) is 0 Å². The van der Waals surface area contributed by atoms with Crippen molar-refractivity contribution in [2.75, 3.05) is 16.4 Å². The van der Waals surface area contributed by atoms with E-state index in [0.29, 0.717) is 6.42 Å². The molecule has 1 atom stereocenters. The number of alkyl halides is 2. The second-order valence-electron chi connectivity index (χ2n) is 2.44. The van der Waals surface area contributed by atoms with Crippen LogP contribution in [-0.4, -0.2) is 36.6 Å². The average Bonchev–Trinajstić information content (AvgIpc) is 2.14. The van der Waals surface area contributed by atoms with Crippen molar-refractivity contribution in [2.24, 2.45) is 0 Å². The van der Waals surface area contributed by atoms with Crippen LogP contribution in [0, 0.1) is 0 Å². The zero-order valence-electron chi connectivity index (χ0n) is 6.17. The van der Waals surface area contributed by atoms with Crippen molar-refractivity contribution in [2.45, 2.75) is 12.5 Å². The molecule has 0 spiro atoms. The molecule has 1 amide bonds. The Labute approximate surface area is 68.1 Å². The summed E-state index contributed by atoms with van der Waals surface area (Å²) in [4.78, 5) is 15.3. The van der Waals surface area contributed by atoms with E-state index in [4.69, 9.17) is 5.11 Å². The molecule has 0 unspecified atom stereocenters. The van der Waals surface area contributed by atoms with E-state index in [1.54, 1.807) is 0 Å². The maximum absolute atomic E-state index is 11.1. The molecule has 1 heterocycles. The van der Waals surface area contributed by atoms with Crippen LogP contribution in [0.25, 0.3) is 0 Å². The quantitative estimate of drug-likeness (QED) is 0.416. The summed E-state index contributed by atoms with van der Waals surface area (Å²) in [5.74, 6) is -0.0461. The van der Waals surface area contributed by atoms with Crippen molar-refractivity contribution < 1.29 is 9.90 Å². The van der Waals surface area contributed by atoms with Gasteiger partial charge in [-0.05, 0) is 0 Å². The third-order valence-corrected chi connectivity index (χ3v) is 4.82. The molecule has 3 nitrogen and oxygen atoms in total. The van der Waals surface area contributed by atoms with Gasteiger partial charge in [-0.1, -0.05) is 0 Å². The third-order valence-electron chi connectivity index (χ3n) is 1.53. The summed E-state index contributed by atoms with van der Waals surface area (Å²) in [6.07, 6.45) is -0.0613. The first-order chi connectivity index (χ1) is 4.63. The molecule has 60 valence electrons. The van der Waals surface area contributed by atoms with E-state index in [9.17, 15) is 4.79 Å². The minimum atomic E-state index is -1.15. The molecule has 10 heavy (non-hydrogen) atoms. The molecule has 0 aromatic rings. The molecule has 0 aromatic heterocycles. The number of carbonyl (C=O) groups excluding carboxylic acids is 1. The monoisotopic (exact) mass is 257 g/mol. The van der Waals surface area contributed by atoms with Gasteiger partial charge in [-0.2, -0.15) is 0 Å². The van der Waals surface area contributed by atoms with Crippen LogP contribution in [0.15, 0.2) is 0 Å². The van der Waals surface area contributed by atoms with Gasteiger partial charge >= 0.3 is 67.9 Å². The van der Waals surface area contributed by atoms with Crippen molar-refractivity contribution >= 4 is 26.0 Å². The molecule has 1 saturated heterocycles. The first-order valence-corrected chi connectivity index (χ1v) is 8.40. The normalized spacial score (nSPS) is 27.5. The topological polar surface area (TPSA) is 40.5 Å². The van der Waals surface area contributed by atoms with E-state index in [1.807, 2.05) is 3.11 Å². The summed E-state index contributed by atoms with van der Waals surface area (Å²) < 4.78 is 1.86. The second kappa shape index (κ2) is 3.04. The van der Waals surface area contributed by atoms with E-state index in [-0.39, 0.29) is 5.91 Å². The van der Waals surface area contributed by atoms with Crippen molar-refractivity contribution in [3.63, 3.8) is 0 Å². The Morgan fingerprint density at radius 1 is 1.70 bits per heavy atom. The number of halogens is 1. The van der Waals surface area contributed by atoms with Crippen LogP contribution in [0.3, 0.4) is 0 Å². The average molecular weight is 257 g/mol. The van der Waals surface area contributed by atoms with Crippen LogP contribution in [0.1, 0.15) is 6.42 Å². The molecule has 0 saturated carbocycles. The van der Waals surface area contributed by atoms with E-state index in [0.717, 1.165) is 6.54 Å². The Kier molecular flexibility index (Phi) is 2.51. The van der Waals surface area contributed by atoms with Crippen molar-refractivity contribution in [3.05, 3.63) is 0 Å². The molecule has 1 rings (SSSR count). The zero-order valence-corrected chi connectivity index (χ0v) is 8.33. The fourth-order valence-electron chi connectivity index (χ4n) is 0.967. The van der Waals surface area contributed by atoms with E-state index in [2.05, 4.69) is 9.86 Å². The fraction of sp³-hybridized carbons (Fsp3) is 0.833. The van der Waals surface area contributed by atoms with Gasteiger partial charge in [0.05, 0.1) is 0 Å². The molecule has 1 fully saturated rings. The number of hydrogen-bond acceptors (Lipinski definition) is 2. The second-order valence-corrected chi connectivity index (χ2v) is 7.70. The van der Waals surface area contributed by atoms with Gasteiger partial charge in [0.1, 0.15) is 0 Å². The van der Waals surface area contributed by atoms with Gasteiger partial charge in [0.15, 0.2) is 0 Å². The summed E-state index contributed by atoms with van der Waals surface area (Å²) in [7, 11) is 0. The molecule has 0 bridgehead atoms. The van der Waals surface area contributed by atoms with Crippen molar-refractivity contribution in [1.29, 1.82) is 0 Å². The molecular weight excluding hydrogens is 245 g/mol. The SMILES string of the molecule is CI(C)N1CC[C@@H](O)C1=O. The number of nitrogens with zero attached hydrogens (tertiary/aromatic N) is 1. The third kappa shape index (κ3) is 1.42. The maximum atomic E-state index is 11.1. The van der Waals surface area contributed by atoms with E-state index in [1.165, 1.54) is 0 Å². The van der Waals surface area contributed by atoms with E-state index >= 15 is 0 Å². The van der Waals surface area contributed by atoms with Crippen LogP contribution >= 0.6 is 20.1 Å². The Hall–Kier alpha value is 0.160. The number of aliphatic hydroxyl groups is 1. The molecule has 0 aromatic carbocycles. The Morgan fingerprint density at radius 2 is 2.30 bits per heavy atom. The minimum absolute atomic E-state index is 0.0461. The summed E-state index contributed by atoms with van der Waals surface area (Å²) in [6.45, 7) is 0.776. The van der Waals surface area contributed by atoms with Gasteiger partial charge in [0, 0.05) is 0 Å². The molecule has 4 heteroatoms. The Bertz CT molecular complexity index is 149. The van der Waals surface area contributed by atoms with Gasteiger partial charge in [-0.3, -0.25) is 0 Å². The molecule has 1 aliphatic rings. The number of hydrogen-bond donors (Lipinski definition) is 1. The van der Waals surface area contributed by atoms with Crippen molar-refractivity contribution in [1.82, 2.24) is 3.11 Å². The van der Waals surface area contributed by atoms with Gasteiger partial charge in [-0.15, -0.1) is 0 Å². The van der Waals surface area contributed by atoms with Crippen molar-refractivity contribution in [3.8, 4) is 0 Å². The predicted octanol–water partition coefficient (Wildman–Crippen LogP) is 0.261. The predicted molar refractivity (Wildman–Crippen MR) is 48.2 cm³/mol. The number of rotatable bonds is 1. The summed E-state index contributed by atoms with van der Waals surface area (Å²) >= 11 is -1.15. The molecule has 1 aliphatic heterocycles. The molecular formula is C6H12INO2. The van der Waals surface area contributed by atoms with E-state index < -0.39 is 26.2 Å². The molecule has 0 radical (unpaired) electrons. The van der Waals surface area contributed by atoms with Gasteiger partial charge in [0.2, 0.25) is 0 Å². The van der Waals surface area contributed by atoms with Crippen LogP contribution < -0.4 is 0 Å². The molecule has 1 N–H and O–H groups in total. The van der Waals surface area contributed by atoms with Gasteiger partial charge < -0.3 is 0 Å². The number of aliphatic hydroxyl groups excluding tert-OH is 1. The Balaban J connectivity index is 2.57. The number of carbonyl (C=O) groups is 1. The first-order valence-electron chi connectivity index (χ1n) is 3.12. The standard InChI is InChI=1S/C6H12INO2/c1-7(2)8-4-3-5(9)6(8)10/h5,9H,3-4H2,1-2H3/t5-/m1/s1. The first kappa shape index (κ1) is 8.26. The fourth-order valence-corrected chi connectivity index (χ4v) is 3.48. The summed E-state index contributed by atoms with van der Waals surface area (Å²) in [5.41, 5.74) is 0. The van der Waals surface area contributed by atoms with Crippen LogP contribution in [-0.2, 0) is 4.79 Å². The van der Waals surface area contributed by atoms with Gasteiger partial charge in [0.25, 0.3) is 0 Å². The van der Waals surface area contributed by atoms with Crippen LogP contribution in [0.4, 0.5) is 0 Å². The number of amides is 1. The van der Waals surface area contributed by atoms with Crippen LogP contribution in [0.5, 0.6) is 0 Å². The Morgan fingerprint density at radius 3 is 2.50 bits per heavy atom. The summed E-state index contributed by atoms with van der Waals surface area (Å²) in [5, 5.41) is 9.05. The molecule has 0 aliphatic carbocycles. The summed E-state index contributed by atoms with van der Waals surface area (Å²) in [6, 6.07) is 0. The zero-order chi connectivity index (χ0) is 7.72.